The highest BCUT2D eigenvalue weighted by molar-refractivity contribution is 7.99. The Morgan fingerprint density at radius 3 is 1.53 bits per heavy atom. The molecule has 0 aromatic heterocycles. The first kappa shape index (κ1) is 15.7. The van der Waals surface area contributed by atoms with Crippen molar-refractivity contribution in [3.8, 4) is 0 Å². The Kier molecular flexibility index (Phi) is 6.11. The third-order valence-electron chi connectivity index (χ3n) is 5.91. The SMILES string of the molecule is CC1CCC(C)C(CSCC2CC(C)CCC2C)C1. The molecule has 0 radical (unpaired) electrons. The smallest absolute Gasteiger partial charge is 0.00364 e. The summed E-state index contributed by atoms with van der Waals surface area (Å²) in [6.07, 6.45) is 8.88. The van der Waals surface area contributed by atoms with E-state index < -0.39 is 0 Å². The Morgan fingerprint density at radius 2 is 1.11 bits per heavy atom. The van der Waals surface area contributed by atoms with E-state index in [1.807, 2.05) is 0 Å². The molecule has 0 nitrogen and oxygen atoms in total. The minimum Gasteiger partial charge on any atom is -0.161 e. The summed E-state index contributed by atoms with van der Waals surface area (Å²) < 4.78 is 0. The molecule has 1 heteroatoms. The molecule has 19 heavy (non-hydrogen) atoms. The molecule has 0 aromatic rings. The first-order chi connectivity index (χ1) is 9.06. The zero-order valence-electron chi connectivity index (χ0n) is 13.5. The molecule has 2 aliphatic rings. The highest BCUT2D eigenvalue weighted by atomic mass is 32.2. The van der Waals surface area contributed by atoms with Gasteiger partial charge in [-0.1, -0.05) is 53.4 Å². The molecule has 2 rings (SSSR count). The summed E-state index contributed by atoms with van der Waals surface area (Å²) in [4.78, 5) is 0. The van der Waals surface area contributed by atoms with Crippen molar-refractivity contribution in [3.05, 3.63) is 0 Å². The van der Waals surface area contributed by atoms with Gasteiger partial charge in [-0.25, -0.2) is 0 Å². The van der Waals surface area contributed by atoms with Crippen LogP contribution in [0.5, 0.6) is 0 Å². The molecule has 0 aliphatic heterocycles. The van der Waals surface area contributed by atoms with Gasteiger partial charge < -0.3 is 0 Å². The van der Waals surface area contributed by atoms with Gasteiger partial charge in [0.1, 0.15) is 0 Å². The van der Waals surface area contributed by atoms with Crippen LogP contribution in [-0.2, 0) is 0 Å². The maximum absolute atomic E-state index is 2.49. The van der Waals surface area contributed by atoms with E-state index in [0.717, 1.165) is 35.5 Å². The van der Waals surface area contributed by atoms with E-state index in [-0.39, 0.29) is 0 Å². The van der Waals surface area contributed by atoms with Crippen LogP contribution in [0.4, 0.5) is 0 Å². The van der Waals surface area contributed by atoms with Crippen LogP contribution in [-0.4, -0.2) is 11.5 Å². The van der Waals surface area contributed by atoms with Crippen molar-refractivity contribution in [2.45, 2.75) is 66.2 Å². The first-order valence-corrected chi connectivity index (χ1v) is 9.79. The van der Waals surface area contributed by atoms with Gasteiger partial charge in [0.2, 0.25) is 0 Å². The topological polar surface area (TPSA) is 0 Å². The van der Waals surface area contributed by atoms with Crippen LogP contribution in [0.15, 0.2) is 0 Å². The molecule has 2 fully saturated rings. The fourth-order valence-corrected chi connectivity index (χ4v) is 5.81. The average molecular weight is 283 g/mol. The van der Waals surface area contributed by atoms with Crippen molar-refractivity contribution in [1.29, 1.82) is 0 Å². The Hall–Kier alpha value is 0.350. The van der Waals surface area contributed by atoms with Gasteiger partial charge in [0.15, 0.2) is 0 Å². The van der Waals surface area contributed by atoms with E-state index in [9.17, 15) is 0 Å². The summed E-state index contributed by atoms with van der Waals surface area (Å²) >= 11 is 2.28. The lowest BCUT2D eigenvalue weighted by atomic mass is 9.76. The van der Waals surface area contributed by atoms with Crippen LogP contribution < -0.4 is 0 Å². The van der Waals surface area contributed by atoms with Crippen molar-refractivity contribution in [2.24, 2.45) is 35.5 Å². The molecule has 2 aliphatic carbocycles. The molecule has 6 unspecified atom stereocenters. The molecular formula is C18H34S. The fourth-order valence-electron chi connectivity index (χ4n) is 4.14. The molecule has 0 aromatic carbocycles. The Labute approximate surface area is 125 Å². The first-order valence-electron chi connectivity index (χ1n) is 8.64. The molecule has 0 bridgehead atoms. The maximum atomic E-state index is 2.49. The molecule has 112 valence electrons. The second-order valence-corrected chi connectivity index (χ2v) is 8.92. The lowest BCUT2D eigenvalue weighted by Crippen LogP contribution is -2.26. The van der Waals surface area contributed by atoms with Crippen LogP contribution in [0.1, 0.15) is 66.2 Å². The predicted octanol–water partition coefficient (Wildman–Crippen LogP) is 5.86. The lowest BCUT2D eigenvalue weighted by Gasteiger charge is -2.35. The van der Waals surface area contributed by atoms with E-state index in [4.69, 9.17) is 0 Å². The second kappa shape index (κ2) is 7.38. The van der Waals surface area contributed by atoms with E-state index in [1.165, 1.54) is 50.0 Å². The fraction of sp³-hybridized carbons (Fsp3) is 1.00. The van der Waals surface area contributed by atoms with Gasteiger partial charge in [0, 0.05) is 0 Å². The number of hydrogen-bond acceptors (Lipinski definition) is 1. The number of hydrogen-bond donors (Lipinski definition) is 0. The van der Waals surface area contributed by atoms with Gasteiger partial charge in [-0.2, -0.15) is 11.8 Å². The predicted molar refractivity (Wildman–Crippen MR) is 88.7 cm³/mol. The summed E-state index contributed by atoms with van der Waals surface area (Å²) in [5, 5.41) is 0. The molecule has 0 heterocycles. The van der Waals surface area contributed by atoms with E-state index in [1.54, 1.807) is 0 Å². The van der Waals surface area contributed by atoms with Crippen molar-refractivity contribution in [2.75, 3.05) is 11.5 Å². The zero-order chi connectivity index (χ0) is 13.8. The van der Waals surface area contributed by atoms with Crippen molar-refractivity contribution in [3.63, 3.8) is 0 Å². The van der Waals surface area contributed by atoms with Crippen LogP contribution in [0.3, 0.4) is 0 Å². The molecule has 0 saturated heterocycles. The van der Waals surface area contributed by atoms with E-state index in [0.29, 0.717) is 0 Å². The molecule has 6 atom stereocenters. The third kappa shape index (κ3) is 4.69. The minimum absolute atomic E-state index is 0.978. The van der Waals surface area contributed by atoms with Crippen molar-refractivity contribution < 1.29 is 0 Å². The van der Waals surface area contributed by atoms with E-state index >= 15 is 0 Å². The largest absolute Gasteiger partial charge is 0.161 e. The summed E-state index contributed by atoms with van der Waals surface area (Å²) in [6, 6.07) is 0. The summed E-state index contributed by atoms with van der Waals surface area (Å²) in [7, 11) is 0. The second-order valence-electron chi connectivity index (χ2n) is 7.85. The summed E-state index contributed by atoms with van der Waals surface area (Å²) in [6.45, 7) is 9.88. The van der Waals surface area contributed by atoms with Gasteiger partial charge in [-0.05, 0) is 59.9 Å². The van der Waals surface area contributed by atoms with Gasteiger partial charge in [0.25, 0.3) is 0 Å². The van der Waals surface area contributed by atoms with Gasteiger partial charge in [-0.15, -0.1) is 0 Å². The zero-order valence-corrected chi connectivity index (χ0v) is 14.3. The lowest BCUT2D eigenvalue weighted by molar-refractivity contribution is 0.219. The van der Waals surface area contributed by atoms with E-state index in [2.05, 4.69) is 39.5 Å². The summed E-state index contributed by atoms with van der Waals surface area (Å²) in [5.41, 5.74) is 0. The Morgan fingerprint density at radius 1 is 0.684 bits per heavy atom. The standard InChI is InChI=1S/C18H34S/c1-13-5-7-15(3)17(9-13)11-19-12-18-10-14(2)6-8-16(18)4/h13-18H,5-12H2,1-4H3. The van der Waals surface area contributed by atoms with Crippen molar-refractivity contribution in [1.82, 2.24) is 0 Å². The van der Waals surface area contributed by atoms with Crippen LogP contribution in [0.2, 0.25) is 0 Å². The Balaban J connectivity index is 1.70. The van der Waals surface area contributed by atoms with Crippen LogP contribution in [0, 0.1) is 35.5 Å². The molecule has 0 amide bonds. The highest BCUT2D eigenvalue weighted by Crippen LogP contribution is 2.38. The molecule has 2 saturated carbocycles. The van der Waals surface area contributed by atoms with Crippen LogP contribution >= 0.6 is 11.8 Å². The quantitative estimate of drug-likeness (QED) is 0.622. The average Bonchev–Trinajstić information content (AvgIpc) is 2.38. The normalized spacial score (nSPS) is 44.2. The van der Waals surface area contributed by atoms with Gasteiger partial charge in [0.05, 0.1) is 0 Å². The number of thioether (sulfide) groups is 1. The third-order valence-corrected chi connectivity index (χ3v) is 7.24. The van der Waals surface area contributed by atoms with Gasteiger partial charge in [-0.3, -0.25) is 0 Å². The van der Waals surface area contributed by atoms with Gasteiger partial charge >= 0.3 is 0 Å². The molecular weight excluding hydrogens is 248 g/mol. The van der Waals surface area contributed by atoms with Crippen molar-refractivity contribution >= 4 is 11.8 Å². The molecule has 0 spiro atoms. The Bertz CT molecular complexity index is 236. The molecule has 0 N–H and O–H groups in total. The maximum Gasteiger partial charge on any atom is -0.00364 e. The number of rotatable bonds is 4. The monoisotopic (exact) mass is 282 g/mol. The van der Waals surface area contributed by atoms with Crippen LogP contribution in [0.25, 0.3) is 0 Å². The highest BCUT2D eigenvalue weighted by Gasteiger charge is 2.28. The summed E-state index contributed by atoms with van der Waals surface area (Å²) in [5.74, 6) is 8.80. The minimum atomic E-state index is 0.978.